The summed E-state index contributed by atoms with van der Waals surface area (Å²) in [5.41, 5.74) is 12.8. The van der Waals surface area contributed by atoms with Gasteiger partial charge in [-0.1, -0.05) is 54.6 Å². The van der Waals surface area contributed by atoms with Crippen LogP contribution >= 0.6 is 0 Å². The molecule has 2 aliphatic heterocycles. The van der Waals surface area contributed by atoms with Crippen LogP contribution in [0, 0.1) is 6.92 Å². The molecule has 4 aromatic carbocycles. The van der Waals surface area contributed by atoms with Gasteiger partial charge in [-0.25, -0.2) is 0 Å². The molecule has 0 fully saturated rings. The van der Waals surface area contributed by atoms with Crippen molar-refractivity contribution in [1.29, 1.82) is 0 Å². The second-order valence-corrected chi connectivity index (χ2v) is 9.04. The number of rotatable bonds is 0. The molecule has 1 aliphatic carbocycles. The maximum atomic E-state index is 6.61. The predicted molar refractivity (Wildman–Crippen MR) is 131 cm³/mol. The lowest BCUT2D eigenvalue weighted by Crippen LogP contribution is -2.25. The van der Waals surface area contributed by atoms with Crippen LogP contribution in [0.25, 0.3) is 33.9 Å². The van der Waals surface area contributed by atoms with Gasteiger partial charge in [-0.15, -0.1) is 0 Å². The highest BCUT2D eigenvalue weighted by Gasteiger charge is 2.25. The summed E-state index contributed by atoms with van der Waals surface area (Å²) in [6.07, 6.45) is 3.33. The van der Waals surface area contributed by atoms with Crippen molar-refractivity contribution in [2.24, 2.45) is 0 Å². The predicted octanol–water partition coefficient (Wildman–Crippen LogP) is 5.92. The molecule has 0 radical (unpaired) electrons. The van der Waals surface area contributed by atoms with E-state index < -0.39 is 0 Å². The second-order valence-electron chi connectivity index (χ2n) is 9.04. The molecule has 0 spiro atoms. The lowest BCUT2D eigenvalue weighted by atomic mass is 9.86. The van der Waals surface area contributed by atoms with Crippen molar-refractivity contribution in [3.05, 3.63) is 99.4 Å². The average Bonchev–Trinajstić information content (AvgIpc) is 2.84. The fourth-order valence-electron chi connectivity index (χ4n) is 5.59. The summed E-state index contributed by atoms with van der Waals surface area (Å²) < 4.78 is 6.61. The molecule has 0 aromatic heterocycles. The van der Waals surface area contributed by atoms with Crippen LogP contribution in [-0.4, -0.2) is 0 Å². The Kier molecular flexibility index (Phi) is 3.55. The van der Waals surface area contributed by atoms with Crippen molar-refractivity contribution in [3.63, 3.8) is 0 Å². The minimum absolute atomic E-state index is 0.849. The molecule has 2 nitrogen and oxygen atoms in total. The van der Waals surface area contributed by atoms with Gasteiger partial charge in [0.05, 0.1) is 0 Å². The van der Waals surface area contributed by atoms with Crippen LogP contribution in [0.15, 0.2) is 66.7 Å². The molecule has 4 aromatic rings. The van der Waals surface area contributed by atoms with E-state index in [-0.39, 0.29) is 0 Å². The molecule has 0 atom stereocenters. The zero-order valence-corrected chi connectivity index (χ0v) is 18.3. The second kappa shape index (κ2) is 6.37. The fraction of sp³-hybridized carbons (Fsp3) is 0.133. The Labute approximate surface area is 187 Å². The van der Waals surface area contributed by atoms with E-state index in [1.807, 2.05) is 0 Å². The highest BCUT2D eigenvalue weighted by molar-refractivity contribution is 5.89. The molecule has 0 unspecified atom stereocenters. The van der Waals surface area contributed by atoms with Gasteiger partial charge in [0.15, 0.2) is 0 Å². The van der Waals surface area contributed by atoms with Gasteiger partial charge in [-0.2, -0.15) is 0 Å². The van der Waals surface area contributed by atoms with Gasteiger partial charge in [-0.05, 0) is 76.6 Å². The van der Waals surface area contributed by atoms with Crippen molar-refractivity contribution >= 4 is 17.3 Å². The zero-order valence-electron chi connectivity index (χ0n) is 18.3. The molecule has 1 N–H and O–H groups in total. The molecule has 154 valence electrons. The number of anilines is 1. The molecule has 3 aliphatic rings. The Morgan fingerprint density at radius 3 is 2.34 bits per heavy atom. The third-order valence-corrected chi connectivity index (χ3v) is 7.32. The largest absolute Gasteiger partial charge is 0.456 e. The van der Waals surface area contributed by atoms with Gasteiger partial charge < -0.3 is 10.1 Å². The maximum absolute atomic E-state index is 6.61. The number of hydrogen-bond donors (Lipinski definition) is 1. The summed E-state index contributed by atoms with van der Waals surface area (Å²) in [7, 11) is 0. The van der Waals surface area contributed by atoms with Crippen molar-refractivity contribution in [2.45, 2.75) is 26.8 Å². The van der Waals surface area contributed by atoms with Gasteiger partial charge in [0.2, 0.25) is 0 Å². The Balaban J connectivity index is 1.51. The molecule has 0 amide bonds. The monoisotopic (exact) mass is 413 g/mol. The average molecular weight is 414 g/mol. The molecule has 0 saturated heterocycles. The minimum Gasteiger partial charge on any atom is -0.456 e. The van der Waals surface area contributed by atoms with Crippen LogP contribution in [0.4, 0.5) is 5.69 Å². The van der Waals surface area contributed by atoms with Crippen LogP contribution in [0.1, 0.15) is 29.2 Å². The first-order chi connectivity index (χ1) is 15.7. The molecular formula is C30H23NO. The first-order valence-electron chi connectivity index (χ1n) is 11.3. The van der Waals surface area contributed by atoms with Crippen LogP contribution in [0.3, 0.4) is 0 Å². The Morgan fingerprint density at radius 1 is 0.750 bits per heavy atom. The normalized spacial score (nSPS) is 14.4. The van der Waals surface area contributed by atoms with Crippen molar-refractivity contribution in [2.75, 3.05) is 5.32 Å². The van der Waals surface area contributed by atoms with E-state index in [0.717, 1.165) is 30.2 Å². The molecule has 2 heteroatoms. The minimum atomic E-state index is 0.849. The summed E-state index contributed by atoms with van der Waals surface area (Å²) in [6, 6.07) is 24.3. The first kappa shape index (κ1) is 17.9. The van der Waals surface area contributed by atoms with Gasteiger partial charge in [0.25, 0.3) is 0 Å². The molecule has 2 heterocycles. The molecule has 0 saturated carbocycles. The van der Waals surface area contributed by atoms with Crippen LogP contribution in [-0.2, 0) is 13.0 Å². The standard InChI is InChI=1S/C30H23NO/c1-17-24-13-27-23-10-6-4-8-20(23)16-31-28(27)15-29(24)32-30-18(2)21-12-11-19-7-3-5-9-22(19)26(21)14-25(17)30/h3-10,12-15,31H,11,16H2,1-2H3. The lowest BCUT2D eigenvalue weighted by Gasteiger charge is -2.27. The fourth-order valence-corrected chi connectivity index (χ4v) is 5.59. The maximum Gasteiger partial charge on any atom is 0.138 e. The Bertz CT molecular complexity index is 1590. The number of ether oxygens (including phenoxy) is 1. The Morgan fingerprint density at radius 2 is 1.50 bits per heavy atom. The molecule has 32 heavy (non-hydrogen) atoms. The molecular weight excluding hydrogens is 390 g/mol. The van der Waals surface area contributed by atoms with Crippen LogP contribution < -0.4 is 20.5 Å². The van der Waals surface area contributed by atoms with Gasteiger partial charge in [-0.3, -0.25) is 0 Å². The lowest BCUT2D eigenvalue weighted by molar-refractivity contribution is 0.468. The highest BCUT2D eigenvalue weighted by atomic mass is 16.5. The number of benzene rings is 4. The van der Waals surface area contributed by atoms with E-state index in [2.05, 4.69) is 92.0 Å². The summed E-state index contributed by atoms with van der Waals surface area (Å²) in [5, 5.41) is 6.10. The third-order valence-electron chi connectivity index (χ3n) is 7.32. The number of fused-ring (bicyclic) bond motifs is 8. The highest BCUT2D eigenvalue weighted by Crippen LogP contribution is 2.44. The Hall–Kier alpha value is -3.78. The number of hydrogen-bond acceptors (Lipinski definition) is 2. The van der Waals surface area contributed by atoms with E-state index >= 15 is 0 Å². The molecule has 0 bridgehead atoms. The third kappa shape index (κ3) is 2.35. The summed E-state index contributed by atoms with van der Waals surface area (Å²) in [5.74, 6) is 1.94. The first-order valence-corrected chi connectivity index (χ1v) is 11.3. The quantitative estimate of drug-likeness (QED) is 0.387. The molecule has 7 rings (SSSR count). The summed E-state index contributed by atoms with van der Waals surface area (Å²) in [4.78, 5) is 0. The van der Waals surface area contributed by atoms with Gasteiger partial charge in [0.1, 0.15) is 11.5 Å². The SMILES string of the molecule is CC1=c2cc3c(c(C)c2Oc2cc4c(cc21)-c1ccccc1CN4)=CCc1ccccc1-3. The topological polar surface area (TPSA) is 21.3 Å². The van der Waals surface area contributed by atoms with Gasteiger partial charge >= 0.3 is 0 Å². The van der Waals surface area contributed by atoms with Crippen molar-refractivity contribution in [3.8, 4) is 33.8 Å². The summed E-state index contributed by atoms with van der Waals surface area (Å²) in [6.45, 7) is 5.29. The van der Waals surface area contributed by atoms with Gasteiger partial charge in [0, 0.05) is 34.6 Å². The van der Waals surface area contributed by atoms with E-state index in [1.165, 1.54) is 60.5 Å². The summed E-state index contributed by atoms with van der Waals surface area (Å²) >= 11 is 0. The van der Waals surface area contributed by atoms with E-state index in [0.29, 0.717) is 0 Å². The van der Waals surface area contributed by atoms with E-state index in [9.17, 15) is 0 Å². The van der Waals surface area contributed by atoms with Crippen LogP contribution in [0.2, 0.25) is 0 Å². The number of nitrogens with one attached hydrogen (secondary N) is 1. The van der Waals surface area contributed by atoms with Crippen molar-refractivity contribution in [1.82, 2.24) is 0 Å². The van der Waals surface area contributed by atoms with Crippen LogP contribution in [0.5, 0.6) is 11.5 Å². The van der Waals surface area contributed by atoms with E-state index in [4.69, 9.17) is 4.74 Å². The van der Waals surface area contributed by atoms with Crippen molar-refractivity contribution < 1.29 is 4.74 Å². The smallest absolute Gasteiger partial charge is 0.138 e. The van der Waals surface area contributed by atoms with E-state index in [1.54, 1.807) is 0 Å². The zero-order chi connectivity index (χ0) is 21.4.